The summed E-state index contributed by atoms with van der Waals surface area (Å²) in [7, 11) is 0. The molecule has 0 aliphatic rings. The largest absolute Gasteiger partial charge is 0.377 e. The highest BCUT2D eigenvalue weighted by molar-refractivity contribution is 5.31. The fourth-order valence-electron chi connectivity index (χ4n) is 1.84. The molecule has 0 saturated heterocycles. The molecule has 0 bridgehead atoms. The molecule has 2 atom stereocenters. The minimum absolute atomic E-state index is 0.272. The van der Waals surface area contributed by atoms with Crippen molar-refractivity contribution >= 4 is 0 Å². The van der Waals surface area contributed by atoms with E-state index >= 15 is 0 Å². The fraction of sp³-hybridized carbons (Fsp3) is 0.600. The Morgan fingerprint density at radius 2 is 1.88 bits per heavy atom. The molecular formula is C15H25NO. The third kappa shape index (κ3) is 4.49. The van der Waals surface area contributed by atoms with E-state index in [-0.39, 0.29) is 6.10 Å². The van der Waals surface area contributed by atoms with Crippen LogP contribution in [0.1, 0.15) is 43.5 Å². The van der Waals surface area contributed by atoms with Gasteiger partial charge in [-0.25, -0.2) is 0 Å². The first-order chi connectivity index (χ1) is 8.04. The van der Waals surface area contributed by atoms with E-state index in [0.717, 1.165) is 13.2 Å². The summed E-state index contributed by atoms with van der Waals surface area (Å²) in [6, 6.07) is 7.02. The third-order valence-electron chi connectivity index (χ3n) is 3.19. The van der Waals surface area contributed by atoms with Gasteiger partial charge in [0.25, 0.3) is 0 Å². The van der Waals surface area contributed by atoms with Gasteiger partial charge in [-0.2, -0.15) is 0 Å². The lowest BCUT2D eigenvalue weighted by molar-refractivity contribution is 0.0743. The van der Waals surface area contributed by atoms with Gasteiger partial charge in [0, 0.05) is 19.2 Å². The van der Waals surface area contributed by atoms with Gasteiger partial charge < -0.3 is 10.1 Å². The van der Waals surface area contributed by atoms with Crippen molar-refractivity contribution in [2.24, 2.45) is 0 Å². The molecule has 2 heteroatoms. The number of rotatable bonds is 6. The average molecular weight is 235 g/mol. The smallest absolute Gasteiger partial charge is 0.0671 e. The van der Waals surface area contributed by atoms with Crippen LogP contribution in [0.4, 0.5) is 0 Å². The van der Waals surface area contributed by atoms with Crippen LogP contribution in [0, 0.1) is 13.8 Å². The Balaban J connectivity index is 2.52. The zero-order valence-corrected chi connectivity index (χ0v) is 11.7. The molecule has 1 rings (SSSR count). The third-order valence-corrected chi connectivity index (χ3v) is 3.19. The zero-order valence-electron chi connectivity index (χ0n) is 11.7. The SMILES string of the molecule is CCOC(C)CNC(C)c1ccc(C)c(C)c1. The minimum atomic E-state index is 0.272. The predicted molar refractivity (Wildman–Crippen MR) is 73.4 cm³/mol. The summed E-state index contributed by atoms with van der Waals surface area (Å²) in [6.07, 6.45) is 0.272. The Hall–Kier alpha value is -0.860. The van der Waals surface area contributed by atoms with Crippen LogP contribution in [-0.4, -0.2) is 19.3 Å². The quantitative estimate of drug-likeness (QED) is 0.816. The van der Waals surface area contributed by atoms with Crippen molar-refractivity contribution in [3.8, 4) is 0 Å². The van der Waals surface area contributed by atoms with E-state index in [2.05, 4.69) is 51.2 Å². The Bertz CT molecular complexity index is 349. The highest BCUT2D eigenvalue weighted by atomic mass is 16.5. The van der Waals surface area contributed by atoms with E-state index < -0.39 is 0 Å². The molecule has 96 valence electrons. The molecule has 0 fully saturated rings. The standard InChI is InChI=1S/C15H25NO/c1-6-17-13(4)10-16-14(5)15-8-7-11(2)12(3)9-15/h7-9,13-14,16H,6,10H2,1-5H3. The van der Waals surface area contributed by atoms with Crippen LogP contribution in [-0.2, 0) is 4.74 Å². The lowest BCUT2D eigenvalue weighted by Gasteiger charge is -2.19. The molecule has 0 spiro atoms. The lowest BCUT2D eigenvalue weighted by Crippen LogP contribution is -2.29. The molecule has 0 aliphatic heterocycles. The first-order valence-corrected chi connectivity index (χ1v) is 6.46. The normalized spacial score (nSPS) is 14.6. The molecule has 1 aromatic rings. The molecule has 1 aromatic carbocycles. The second-order valence-electron chi connectivity index (χ2n) is 4.74. The van der Waals surface area contributed by atoms with Gasteiger partial charge in [0.1, 0.15) is 0 Å². The Morgan fingerprint density at radius 1 is 1.18 bits per heavy atom. The number of hydrogen-bond acceptors (Lipinski definition) is 2. The topological polar surface area (TPSA) is 21.3 Å². The molecule has 0 radical (unpaired) electrons. The molecule has 2 nitrogen and oxygen atoms in total. The number of ether oxygens (including phenoxy) is 1. The van der Waals surface area contributed by atoms with E-state index in [1.807, 2.05) is 6.92 Å². The Labute approximate surface area is 105 Å². The van der Waals surface area contributed by atoms with E-state index in [1.165, 1.54) is 16.7 Å². The molecule has 0 saturated carbocycles. The zero-order chi connectivity index (χ0) is 12.8. The molecule has 1 N–H and O–H groups in total. The molecule has 0 aromatic heterocycles. The van der Waals surface area contributed by atoms with Gasteiger partial charge in [-0.3, -0.25) is 0 Å². The second-order valence-corrected chi connectivity index (χ2v) is 4.74. The lowest BCUT2D eigenvalue weighted by atomic mass is 10.0. The summed E-state index contributed by atoms with van der Waals surface area (Å²) >= 11 is 0. The van der Waals surface area contributed by atoms with Crippen LogP contribution >= 0.6 is 0 Å². The average Bonchev–Trinajstić information content (AvgIpc) is 2.30. The molecule has 0 aliphatic carbocycles. The summed E-state index contributed by atoms with van der Waals surface area (Å²) in [5, 5.41) is 3.51. The maximum Gasteiger partial charge on any atom is 0.0671 e. The van der Waals surface area contributed by atoms with Crippen molar-refractivity contribution in [2.75, 3.05) is 13.2 Å². The van der Waals surface area contributed by atoms with Crippen LogP contribution < -0.4 is 5.32 Å². The highest BCUT2D eigenvalue weighted by Crippen LogP contribution is 2.16. The van der Waals surface area contributed by atoms with Crippen molar-refractivity contribution < 1.29 is 4.74 Å². The van der Waals surface area contributed by atoms with Gasteiger partial charge in [-0.15, -0.1) is 0 Å². The van der Waals surface area contributed by atoms with Crippen molar-refractivity contribution in [3.05, 3.63) is 34.9 Å². The number of hydrogen-bond donors (Lipinski definition) is 1. The van der Waals surface area contributed by atoms with E-state index in [0.29, 0.717) is 6.04 Å². The molecule has 0 amide bonds. The molecule has 2 unspecified atom stereocenters. The van der Waals surface area contributed by atoms with Gasteiger partial charge in [-0.05, 0) is 51.3 Å². The van der Waals surface area contributed by atoms with Crippen LogP contribution in [0.5, 0.6) is 0 Å². The molecule has 17 heavy (non-hydrogen) atoms. The van der Waals surface area contributed by atoms with E-state index in [4.69, 9.17) is 4.74 Å². The van der Waals surface area contributed by atoms with E-state index in [9.17, 15) is 0 Å². The monoisotopic (exact) mass is 235 g/mol. The summed E-state index contributed by atoms with van der Waals surface area (Å²) in [5.41, 5.74) is 4.05. The summed E-state index contributed by atoms with van der Waals surface area (Å²) < 4.78 is 5.51. The van der Waals surface area contributed by atoms with Crippen molar-refractivity contribution in [1.82, 2.24) is 5.32 Å². The highest BCUT2D eigenvalue weighted by Gasteiger charge is 2.08. The summed E-state index contributed by atoms with van der Waals surface area (Å²) in [5.74, 6) is 0. The fourth-order valence-corrected chi connectivity index (χ4v) is 1.84. The van der Waals surface area contributed by atoms with Crippen LogP contribution in [0.15, 0.2) is 18.2 Å². The van der Waals surface area contributed by atoms with Gasteiger partial charge in [-0.1, -0.05) is 18.2 Å². The van der Waals surface area contributed by atoms with Crippen molar-refractivity contribution in [1.29, 1.82) is 0 Å². The molecule has 0 heterocycles. The number of aryl methyl sites for hydroxylation is 2. The Kier molecular flexibility index (Phi) is 5.66. The van der Waals surface area contributed by atoms with Gasteiger partial charge in [0.05, 0.1) is 6.10 Å². The second kappa shape index (κ2) is 6.77. The van der Waals surface area contributed by atoms with Gasteiger partial charge in [0.2, 0.25) is 0 Å². The predicted octanol–water partition coefficient (Wildman–Crippen LogP) is 3.38. The maximum atomic E-state index is 5.51. The van der Waals surface area contributed by atoms with Crippen molar-refractivity contribution in [2.45, 2.75) is 46.8 Å². The molecular weight excluding hydrogens is 210 g/mol. The first-order valence-electron chi connectivity index (χ1n) is 6.46. The van der Waals surface area contributed by atoms with Crippen molar-refractivity contribution in [3.63, 3.8) is 0 Å². The van der Waals surface area contributed by atoms with Crippen LogP contribution in [0.25, 0.3) is 0 Å². The van der Waals surface area contributed by atoms with Crippen LogP contribution in [0.2, 0.25) is 0 Å². The van der Waals surface area contributed by atoms with Crippen LogP contribution in [0.3, 0.4) is 0 Å². The summed E-state index contributed by atoms with van der Waals surface area (Å²) in [4.78, 5) is 0. The first kappa shape index (κ1) is 14.2. The minimum Gasteiger partial charge on any atom is -0.377 e. The summed E-state index contributed by atoms with van der Waals surface area (Å²) in [6.45, 7) is 12.3. The van der Waals surface area contributed by atoms with Gasteiger partial charge in [0.15, 0.2) is 0 Å². The number of nitrogens with one attached hydrogen (secondary N) is 1. The maximum absolute atomic E-state index is 5.51. The van der Waals surface area contributed by atoms with E-state index in [1.54, 1.807) is 0 Å². The number of benzene rings is 1. The van der Waals surface area contributed by atoms with Gasteiger partial charge >= 0.3 is 0 Å². The Morgan fingerprint density at radius 3 is 2.47 bits per heavy atom.